The number of ether oxygens (including phenoxy) is 2. The molecule has 20 heavy (non-hydrogen) atoms. The maximum absolute atomic E-state index is 13.6. The average Bonchev–Trinajstić information content (AvgIpc) is 2.41. The van der Waals surface area contributed by atoms with Gasteiger partial charge in [-0.05, 0) is 18.9 Å². The van der Waals surface area contributed by atoms with E-state index in [4.69, 9.17) is 21.1 Å². The van der Waals surface area contributed by atoms with Gasteiger partial charge in [0.1, 0.15) is 5.82 Å². The summed E-state index contributed by atoms with van der Waals surface area (Å²) in [4.78, 5) is 10.4. The molecule has 0 spiro atoms. The van der Waals surface area contributed by atoms with E-state index in [0.717, 1.165) is 25.0 Å². The highest BCUT2D eigenvalue weighted by molar-refractivity contribution is 6.31. The van der Waals surface area contributed by atoms with E-state index < -0.39 is 17.0 Å². The molecule has 0 N–H and O–H groups in total. The van der Waals surface area contributed by atoms with Crippen LogP contribution in [0.1, 0.15) is 38.5 Å². The number of nitrogens with zero attached hydrogens (tertiary/aromatic N) is 1. The van der Waals surface area contributed by atoms with E-state index in [9.17, 15) is 14.5 Å². The molecule has 1 aromatic rings. The first-order valence-electron chi connectivity index (χ1n) is 6.37. The van der Waals surface area contributed by atoms with E-state index in [1.165, 1.54) is 0 Å². The largest absolute Gasteiger partial charge is 0.348 e. The van der Waals surface area contributed by atoms with Gasteiger partial charge in [-0.15, -0.1) is 0 Å². The lowest BCUT2D eigenvalue weighted by atomic mass is 10.1. The Labute approximate surface area is 121 Å². The molecule has 0 aromatic heterocycles. The fraction of sp³-hybridized carbons (Fsp3) is 0.538. The van der Waals surface area contributed by atoms with Gasteiger partial charge in [0.2, 0.25) is 0 Å². The zero-order valence-electron chi connectivity index (χ0n) is 11.4. The van der Waals surface area contributed by atoms with Crippen molar-refractivity contribution in [3.8, 4) is 0 Å². The summed E-state index contributed by atoms with van der Waals surface area (Å²) >= 11 is 5.58. The van der Waals surface area contributed by atoms with E-state index in [1.807, 2.05) is 13.8 Å². The predicted molar refractivity (Wildman–Crippen MR) is 73.3 cm³/mol. The Kier molecular flexibility index (Phi) is 6.84. The zero-order valence-corrected chi connectivity index (χ0v) is 12.2. The second kappa shape index (κ2) is 8.14. The lowest BCUT2D eigenvalue weighted by molar-refractivity contribution is -0.387. The van der Waals surface area contributed by atoms with Gasteiger partial charge in [0, 0.05) is 19.3 Å². The third kappa shape index (κ3) is 4.40. The minimum atomic E-state index is -0.970. The van der Waals surface area contributed by atoms with Crippen molar-refractivity contribution in [1.82, 2.24) is 0 Å². The summed E-state index contributed by atoms with van der Waals surface area (Å²) < 4.78 is 24.4. The Balaban J connectivity index is 3.15. The Bertz CT molecular complexity index is 462. The van der Waals surface area contributed by atoms with Gasteiger partial charge in [0.15, 0.2) is 6.29 Å². The lowest BCUT2D eigenvalue weighted by Crippen LogP contribution is -2.13. The van der Waals surface area contributed by atoms with Crippen molar-refractivity contribution < 1.29 is 18.8 Å². The van der Waals surface area contributed by atoms with E-state index in [0.29, 0.717) is 13.2 Å². The van der Waals surface area contributed by atoms with Gasteiger partial charge in [-0.2, -0.15) is 0 Å². The Morgan fingerprint density at radius 3 is 2.30 bits per heavy atom. The second-order valence-electron chi connectivity index (χ2n) is 4.16. The molecule has 0 saturated carbocycles. The van der Waals surface area contributed by atoms with Crippen LogP contribution in [0.4, 0.5) is 10.1 Å². The zero-order chi connectivity index (χ0) is 15.1. The predicted octanol–water partition coefficient (Wildman–Crippen LogP) is 4.24. The van der Waals surface area contributed by atoms with Gasteiger partial charge < -0.3 is 9.47 Å². The molecule has 0 aliphatic rings. The van der Waals surface area contributed by atoms with Crippen LogP contribution in [0.25, 0.3) is 0 Å². The van der Waals surface area contributed by atoms with Gasteiger partial charge in [-0.1, -0.05) is 25.4 Å². The molecule has 1 rings (SSSR count). The molecule has 0 aliphatic heterocycles. The van der Waals surface area contributed by atoms with E-state index in [1.54, 1.807) is 0 Å². The minimum Gasteiger partial charge on any atom is -0.348 e. The lowest BCUT2D eigenvalue weighted by Gasteiger charge is -2.18. The van der Waals surface area contributed by atoms with Crippen molar-refractivity contribution in [2.24, 2.45) is 0 Å². The topological polar surface area (TPSA) is 61.6 Å². The molecule has 112 valence electrons. The van der Waals surface area contributed by atoms with Gasteiger partial charge in [-0.25, -0.2) is 4.39 Å². The van der Waals surface area contributed by atoms with Crippen molar-refractivity contribution in [2.45, 2.75) is 33.0 Å². The van der Waals surface area contributed by atoms with Crippen molar-refractivity contribution in [3.63, 3.8) is 0 Å². The number of hydrogen-bond donors (Lipinski definition) is 0. The molecule has 5 nitrogen and oxygen atoms in total. The SMILES string of the molecule is CCCOC(OCCC)c1cc(F)c(Cl)cc1[N+](=O)[O-]. The first-order valence-corrected chi connectivity index (χ1v) is 6.75. The number of halogens is 2. The summed E-state index contributed by atoms with van der Waals surface area (Å²) in [6.45, 7) is 4.51. The number of nitro benzene ring substituents is 1. The molecule has 0 unspecified atom stereocenters. The fourth-order valence-corrected chi connectivity index (χ4v) is 1.73. The molecule has 0 atom stereocenters. The Morgan fingerprint density at radius 1 is 1.30 bits per heavy atom. The summed E-state index contributed by atoms with van der Waals surface area (Å²) in [5.74, 6) is -0.738. The molecule has 1 aromatic carbocycles. The van der Waals surface area contributed by atoms with Gasteiger partial charge in [0.25, 0.3) is 5.69 Å². The third-order valence-electron chi connectivity index (χ3n) is 2.47. The fourth-order valence-electron chi connectivity index (χ4n) is 1.58. The molecule has 0 heterocycles. The molecule has 0 radical (unpaired) electrons. The third-order valence-corrected chi connectivity index (χ3v) is 2.76. The first kappa shape index (κ1) is 16.8. The molecular formula is C13H17ClFNO4. The molecule has 0 aliphatic carbocycles. The quantitative estimate of drug-likeness (QED) is 0.409. The highest BCUT2D eigenvalue weighted by atomic mass is 35.5. The number of benzene rings is 1. The number of hydrogen-bond acceptors (Lipinski definition) is 4. The number of rotatable bonds is 8. The molecule has 7 heteroatoms. The maximum Gasteiger partial charge on any atom is 0.279 e. The summed E-state index contributed by atoms with van der Waals surface area (Å²) in [6, 6.07) is 1.97. The highest BCUT2D eigenvalue weighted by Gasteiger charge is 2.25. The second-order valence-corrected chi connectivity index (χ2v) is 4.56. The van der Waals surface area contributed by atoms with E-state index in [2.05, 4.69) is 0 Å². The van der Waals surface area contributed by atoms with Crippen LogP contribution >= 0.6 is 11.6 Å². The smallest absolute Gasteiger partial charge is 0.279 e. The number of nitro groups is 1. The van der Waals surface area contributed by atoms with E-state index in [-0.39, 0.29) is 16.3 Å². The van der Waals surface area contributed by atoms with Crippen LogP contribution < -0.4 is 0 Å². The summed E-state index contributed by atoms with van der Waals surface area (Å²) in [7, 11) is 0. The first-order chi connectivity index (χ1) is 9.51. The van der Waals surface area contributed by atoms with Crippen LogP contribution in [0.15, 0.2) is 12.1 Å². The Morgan fingerprint density at radius 2 is 1.85 bits per heavy atom. The van der Waals surface area contributed by atoms with Crippen molar-refractivity contribution in [3.05, 3.63) is 38.7 Å². The summed E-state index contributed by atoms with van der Waals surface area (Å²) in [6.07, 6.45) is 0.466. The normalized spacial score (nSPS) is 11.1. The average molecular weight is 306 g/mol. The molecule has 0 fully saturated rings. The van der Waals surface area contributed by atoms with Crippen LogP contribution in [0.5, 0.6) is 0 Å². The molecular weight excluding hydrogens is 289 g/mol. The summed E-state index contributed by atoms with van der Waals surface area (Å²) in [5, 5.41) is 10.7. The van der Waals surface area contributed by atoms with Crippen molar-refractivity contribution >= 4 is 17.3 Å². The highest BCUT2D eigenvalue weighted by Crippen LogP contribution is 2.33. The van der Waals surface area contributed by atoms with Crippen LogP contribution in [0.3, 0.4) is 0 Å². The maximum atomic E-state index is 13.6. The standard InChI is InChI=1S/C13H17ClFNO4/c1-3-5-19-13(20-6-4-2)9-7-11(15)10(14)8-12(9)16(17)18/h7-8,13H,3-6H2,1-2H3. The molecule has 0 bridgehead atoms. The van der Waals surface area contributed by atoms with Crippen LogP contribution in [0.2, 0.25) is 5.02 Å². The monoisotopic (exact) mass is 305 g/mol. The molecule has 0 saturated heterocycles. The molecule has 0 amide bonds. The summed E-state index contributed by atoms with van der Waals surface area (Å²) in [5.41, 5.74) is -0.271. The van der Waals surface area contributed by atoms with Gasteiger partial charge in [0.05, 0.1) is 15.5 Å². The van der Waals surface area contributed by atoms with Crippen molar-refractivity contribution in [1.29, 1.82) is 0 Å². The van der Waals surface area contributed by atoms with Crippen LogP contribution in [0, 0.1) is 15.9 Å². The Hall–Kier alpha value is -1.24. The van der Waals surface area contributed by atoms with Crippen LogP contribution in [-0.2, 0) is 9.47 Å². The van der Waals surface area contributed by atoms with Gasteiger partial charge >= 0.3 is 0 Å². The van der Waals surface area contributed by atoms with E-state index >= 15 is 0 Å². The van der Waals surface area contributed by atoms with Gasteiger partial charge in [-0.3, -0.25) is 10.1 Å². The minimum absolute atomic E-state index is 0.0406. The van der Waals surface area contributed by atoms with Crippen molar-refractivity contribution in [2.75, 3.05) is 13.2 Å². The van der Waals surface area contributed by atoms with Crippen LogP contribution in [-0.4, -0.2) is 18.1 Å².